The number of carbonyl (C=O) groups is 1. The van der Waals surface area contributed by atoms with Crippen molar-refractivity contribution in [2.75, 3.05) is 14.2 Å². The van der Waals surface area contributed by atoms with E-state index in [1.54, 1.807) is 25.3 Å². The number of benzene rings is 1. The maximum atomic E-state index is 12.6. The first-order valence-electron chi connectivity index (χ1n) is 9.12. The van der Waals surface area contributed by atoms with E-state index in [9.17, 15) is 4.79 Å². The summed E-state index contributed by atoms with van der Waals surface area (Å²) in [4.78, 5) is 18.6. The van der Waals surface area contributed by atoms with Gasteiger partial charge in [-0.05, 0) is 57.5 Å². The Morgan fingerprint density at radius 3 is 2.44 bits per heavy atom. The van der Waals surface area contributed by atoms with Crippen LogP contribution in [-0.2, 0) is 0 Å². The second-order valence-electron chi connectivity index (χ2n) is 6.79. The molecule has 6 nitrogen and oxygen atoms in total. The van der Waals surface area contributed by atoms with Crippen LogP contribution in [0.4, 0.5) is 4.79 Å². The first kappa shape index (κ1) is 20.6. The minimum atomic E-state index is -0.183. The fourth-order valence-corrected chi connectivity index (χ4v) is 2.67. The fourth-order valence-electron chi connectivity index (χ4n) is 2.67. The van der Waals surface area contributed by atoms with Gasteiger partial charge in [0.2, 0.25) is 0 Å². The minimum absolute atomic E-state index is 0.0589. The van der Waals surface area contributed by atoms with E-state index in [0.29, 0.717) is 11.5 Å². The molecular formula is C21H29N3O3. The number of pyridine rings is 1. The first-order valence-corrected chi connectivity index (χ1v) is 9.12. The van der Waals surface area contributed by atoms with E-state index in [1.807, 2.05) is 64.1 Å². The molecule has 2 rings (SSSR count). The Morgan fingerprint density at radius 1 is 1.11 bits per heavy atom. The van der Waals surface area contributed by atoms with Crippen molar-refractivity contribution in [3.05, 3.63) is 53.9 Å². The lowest BCUT2D eigenvalue weighted by Crippen LogP contribution is -2.40. The SMILES string of the molecule is COc1cc(C(C)NC(=O)N(C)C(C)c2ccccn2)ccc1OC(C)C. The van der Waals surface area contributed by atoms with E-state index < -0.39 is 0 Å². The van der Waals surface area contributed by atoms with Crippen molar-refractivity contribution in [1.82, 2.24) is 15.2 Å². The maximum absolute atomic E-state index is 12.6. The summed E-state index contributed by atoms with van der Waals surface area (Å²) in [6, 6.07) is 10.9. The van der Waals surface area contributed by atoms with E-state index in [0.717, 1.165) is 11.3 Å². The molecule has 0 bridgehead atoms. The molecule has 2 unspecified atom stereocenters. The number of amides is 2. The third kappa shape index (κ3) is 5.36. The maximum Gasteiger partial charge on any atom is 0.318 e. The van der Waals surface area contributed by atoms with E-state index in [1.165, 1.54) is 0 Å². The van der Waals surface area contributed by atoms with Crippen LogP contribution in [-0.4, -0.2) is 36.2 Å². The Labute approximate surface area is 161 Å². The monoisotopic (exact) mass is 371 g/mol. The van der Waals surface area contributed by atoms with Crippen molar-refractivity contribution in [2.45, 2.75) is 45.9 Å². The highest BCUT2D eigenvalue weighted by Crippen LogP contribution is 2.31. The Hall–Kier alpha value is -2.76. The smallest absolute Gasteiger partial charge is 0.318 e. The van der Waals surface area contributed by atoms with Gasteiger partial charge in [0, 0.05) is 13.2 Å². The van der Waals surface area contributed by atoms with Gasteiger partial charge in [-0.1, -0.05) is 12.1 Å². The highest BCUT2D eigenvalue weighted by atomic mass is 16.5. The summed E-state index contributed by atoms with van der Waals surface area (Å²) in [6.07, 6.45) is 1.79. The zero-order valence-electron chi connectivity index (χ0n) is 16.9. The number of nitrogens with one attached hydrogen (secondary N) is 1. The van der Waals surface area contributed by atoms with Crippen LogP contribution in [0.3, 0.4) is 0 Å². The van der Waals surface area contributed by atoms with Gasteiger partial charge >= 0.3 is 6.03 Å². The molecule has 1 N–H and O–H groups in total. The predicted molar refractivity (Wildman–Crippen MR) is 106 cm³/mol. The van der Waals surface area contributed by atoms with Crippen LogP contribution in [0.15, 0.2) is 42.6 Å². The highest BCUT2D eigenvalue weighted by molar-refractivity contribution is 5.75. The molecule has 27 heavy (non-hydrogen) atoms. The summed E-state index contributed by atoms with van der Waals surface area (Å²) in [5, 5.41) is 3.02. The van der Waals surface area contributed by atoms with Gasteiger partial charge in [-0.15, -0.1) is 0 Å². The molecular weight excluding hydrogens is 342 g/mol. The van der Waals surface area contributed by atoms with Crippen LogP contribution in [0.1, 0.15) is 51.0 Å². The number of hydrogen-bond donors (Lipinski definition) is 1. The van der Waals surface area contributed by atoms with Gasteiger partial charge in [0.15, 0.2) is 11.5 Å². The number of urea groups is 1. The van der Waals surface area contributed by atoms with Gasteiger partial charge in [0.25, 0.3) is 0 Å². The van der Waals surface area contributed by atoms with Crippen molar-refractivity contribution in [3.8, 4) is 11.5 Å². The molecule has 2 amide bonds. The topological polar surface area (TPSA) is 63.7 Å². The van der Waals surface area contributed by atoms with Crippen LogP contribution >= 0.6 is 0 Å². The summed E-state index contributed by atoms with van der Waals surface area (Å²) in [5.41, 5.74) is 1.79. The molecule has 1 heterocycles. The molecule has 0 spiro atoms. The highest BCUT2D eigenvalue weighted by Gasteiger charge is 2.20. The number of rotatable bonds is 7. The standard InChI is InChI=1S/C21H29N3O3/c1-14(2)27-19-11-10-17(13-20(19)26-6)15(3)23-21(25)24(5)16(4)18-9-7-8-12-22-18/h7-16H,1-6H3,(H,23,25). The number of nitrogens with zero attached hydrogens (tertiary/aromatic N) is 2. The number of hydrogen-bond acceptors (Lipinski definition) is 4. The zero-order chi connectivity index (χ0) is 20.0. The number of methoxy groups -OCH3 is 1. The largest absolute Gasteiger partial charge is 0.493 e. The van der Waals surface area contributed by atoms with Crippen LogP contribution in [0.25, 0.3) is 0 Å². The second-order valence-corrected chi connectivity index (χ2v) is 6.79. The van der Waals surface area contributed by atoms with Gasteiger partial charge in [-0.2, -0.15) is 0 Å². The van der Waals surface area contributed by atoms with E-state index >= 15 is 0 Å². The molecule has 1 aromatic heterocycles. The molecule has 0 fully saturated rings. The Morgan fingerprint density at radius 2 is 1.85 bits per heavy atom. The van der Waals surface area contributed by atoms with Gasteiger partial charge < -0.3 is 19.7 Å². The van der Waals surface area contributed by atoms with Gasteiger partial charge in [-0.25, -0.2) is 4.79 Å². The molecule has 0 aliphatic heterocycles. The predicted octanol–water partition coefficient (Wildman–Crippen LogP) is 4.34. The average Bonchev–Trinajstić information content (AvgIpc) is 2.67. The molecule has 1 aromatic carbocycles. The van der Waals surface area contributed by atoms with Gasteiger partial charge in [-0.3, -0.25) is 4.98 Å². The average molecular weight is 371 g/mol. The van der Waals surface area contributed by atoms with Gasteiger partial charge in [0.05, 0.1) is 31.0 Å². The van der Waals surface area contributed by atoms with Crippen molar-refractivity contribution < 1.29 is 14.3 Å². The summed E-state index contributed by atoms with van der Waals surface area (Å²) in [5.74, 6) is 1.34. The van der Waals surface area contributed by atoms with Crippen LogP contribution < -0.4 is 14.8 Å². The minimum Gasteiger partial charge on any atom is -0.493 e. The van der Waals surface area contributed by atoms with Crippen molar-refractivity contribution in [2.24, 2.45) is 0 Å². The fraction of sp³-hybridized carbons (Fsp3) is 0.429. The van der Waals surface area contributed by atoms with E-state index in [2.05, 4.69) is 10.3 Å². The number of ether oxygens (including phenoxy) is 2. The molecule has 6 heteroatoms. The Balaban J connectivity index is 2.07. The molecule has 0 aliphatic rings. The number of carbonyl (C=O) groups excluding carboxylic acids is 1. The summed E-state index contributed by atoms with van der Waals surface area (Å²) < 4.78 is 11.2. The van der Waals surface area contributed by atoms with Gasteiger partial charge in [0.1, 0.15) is 0 Å². The lowest BCUT2D eigenvalue weighted by atomic mass is 10.1. The molecule has 146 valence electrons. The lowest BCUT2D eigenvalue weighted by Gasteiger charge is -2.27. The quantitative estimate of drug-likeness (QED) is 0.786. The summed E-state index contributed by atoms with van der Waals surface area (Å²) in [7, 11) is 3.37. The molecule has 0 radical (unpaired) electrons. The Bertz CT molecular complexity index is 750. The van der Waals surface area contributed by atoms with Crippen molar-refractivity contribution in [1.29, 1.82) is 0 Å². The molecule has 2 aromatic rings. The lowest BCUT2D eigenvalue weighted by molar-refractivity contribution is 0.190. The molecule has 2 atom stereocenters. The van der Waals surface area contributed by atoms with E-state index in [-0.39, 0.29) is 24.2 Å². The van der Waals surface area contributed by atoms with E-state index in [4.69, 9.17) is 9.47 Å². The third-order valence-corrected chi connectivity index (χ3v) is 4.41. The summed E-state index contributed by atoms with van der Waals surface area (Å²) >= 11 is 0. The molecule has 0 saturated carbocycles. The first-order chi connectivity index (χ1) is 12.8. The molecule has 0 saturated heterocycles. The summed E-state index contributed by atoms with van der Waals surface area (Å²) in [6.45, 7) is 7.83. The van der Waals surface area contributed by atoms with Crippen molar-refractivity contribution in [3.63, 3.8) is 0 Å². The normalized spacial score (nSPS) is 13.0. The van der Waals surface area contributed by atoms with Crippen LogP contribution in [0, 0.1) is 0 Å². The number of aromatic nitrogens is 1. The van der Waals surface area contributed by atoms with Crippen LogP contribution in [0.5, 0.6) is 11.5 Å². The molecule has 0 aliphatic carbocycles. The van der Waals surface area contributed by atoms with Crippen LogP contribution in [0.2, 0.25) is 0 Å². The second kappa shape index (κ2) is 9.26. The Kier molecular flexibility index (Phi) is 7.05. The third-order valence-electron chi connectivity index (χ3n) is 4.41. The zero-order valence-corrected chi connectivity index (χ0v) is 16.9. The van der Waals surface area contributed by atoms with Crippen molar-refractivity contribution >= 4 is 6.03 Å².